The lowest BCUT2D eigenvalue weighted by Gasteiger charge is -2.20. The van der Waals surface area contributed by atoms with Crippen LogP contribution in [0.2, 0.25) is 5.28 Å². The third kappa shape index (κ3) is 3.24. The van der Waals surface area contributed by atoms with E-state index in [1.165, 1.54) is 6.20 Å². The maximum atomic E-state index is 13.1. The lowest BCUT2D eigenvalue weighted by Crippen LogP contribution is -2.22. The zero-order valence-corrected chi connectivity index (χ0v) is 16.9. The summed E-state index contributed by atoms with van der Waals surface area (Å²) in [5.74, 6) is 5.96. The number of hydrogen-bond acceptors (Lipinski definition) is 5. The Morgan fingerprint density at radius 3 is 2.68 bits per heavy atom. The summed E-state index contributed by atoms with van der Waals surface area (Å²) in [6.45, 7) is 0. The monoisotopic (exact) mass is 442 g/mol. The number of hydrogen-bond donors (Lipinski definition) is 0. The van der Waals surface area contributed by atoms with Crippen molar-refractivity contribution in [2.75, 3.05) is 11.9 Å². The van der Waals surface area contributed by atoms with Crippen LogP contribution in [-0.2, 0) is 0 Å². The maximum absolute atomic E-state index is 13.1. The third-order valence-electron chi connectivity index (χ3n) is 5.37. The minimum absolute atomic E-state index is 0.0351. The number of rotatable bonds is 2. The van der Waals surface area contributed by atoms with E-state index in [-0.39, 0.29) is 18.1 Å². The number of nitrogens with zero attached hydrogens (tertiary/aromatic N) is 6. The second-order valence-electron chi connectivity index (χ2n) is 7.38. The molecule has 1 saturated carbocycles. The van der Waals surface area contributed by atoms with E-state index < -0.39 is 11.6 Å². The van der Waals surface area contributed by atoms with Crippen molar-refractivity contribution in [3.63, 3.8) is 0 Å². The molecule has 0 amide bonds. The molecule has 6 nitrogen and oxygen atoms in total. The van der Waals surface area contributed by atoms with Gasteiger partial charge in [0.25, 0.3) is 5.78 Å². The molecule has 0 unspecified atom stereocenters. The molecule has 1 fully saturated rings. The summed E-state index contributed by atoms with van der Waals surface area (Å²) < 4.78 is 41.1. The largest absolute Gasteiger partial charge is 0.405 e. The minimum Gasteiger partial charge on any atom is -0.327 e. The van der Waals surface area contributed by atoms with Crippen LogP contribution in [0.5, 0.6) is 0 Å². The first kappa shape index (κ1) is 19.6. The molecule has 0 bridgehead atoms. The molecular weight excluding hydrogens is 429 g/mol. The SMILES string of the molecule is CN(c1cncc(C#CC2(C(F)(F)F)CC2)c1)c1nc2nnc(Cl)n2c2ccccc12. The van der Waals surface area contributed by atoms with Crippen molar-refractivity contribution in [1.29, 1.82) is 0 Å². The van der Waals surface area contributed by atoms with Gasteiger partial charge in [0.1, 0.15) is 11.2 Å². The summed E-state index contributed by atoms with van der Waals surface area (Å²) >= 11 is 6.16. The molecule has 0 radical (unpaired) electrons. The minimum atomic E-state index is -4.32. The smallest absolute Gasteiger partial charge is 0.327 e. The molecule has 4 aromatic rings. The number of halogens is 4. The van der Waals surface area contributed by atoms with Gasteiger partial charge in [0.2, 0.25) is 5.28 Å². The average Bonchev–Trinajstić information content (AvgIpc) is 3.48. The Balaban J connectivity index is 1.57. The first-order valence-electron chi connectivity index (χ1n) is 9.37. The summed E-state index contributed by atoms with van der Waals surface area (Å²) in [5, 5.41) is 8.88. The predicted octanol–water partition coefficient (Wildman–Crippen LogP) is 4.79. The summed E-state index contributed by atoms with van der Waals surface area (Å²) in [5.41, 5.74) is -0.0915. The number of alkyl halides is 3. The Kier molecular flexibility index (Phi) is 4.31. The van der Waals surface area contributed by atoms with Crippen LogP contribution in [0.1, 0.15) is 18.4 Å². The van der Waals surface area contributed by atoms with E-state index >= 15 is 0 Å². The molecule has 1 aromatic carbocycles. The number of aromatic nitrogens is 5. The molecule has 0 saturated heterocycles. The van der Waals surface area contributed by atoms with Crippen LogP contribution in [-0.4, -0.2) is 37.8 Å². The normalized spacial score (nSPS) is 15.0. The van der Waals surface area contributed by atoms with Gasteiger partial charge in [0.05, 0.1) is 17.4 Å². The van der Waals surface area contributed by atoms with Gasteiger partial charge in [0, 0.05) is 24.2 Å². The molecule has 31 heavy (non-hydrogen) atoms. The Labute approximate surface area is 179 Å². The first-order chi connectivity index (χ1) is 14.8. The van der Waals surface area contributed by atoms with E-state index in [1.807, 2.05) is 24.3 Å². The second-order valence-corrected chi connectivity index (χ2v) is 7.72. The van der Waals surface area contributed by atoms with Crippen LogP contribution in [0.25, 0.3) is 16.7 Å². The lowest BCUT2D eigenvalue weighted by molar-refractivity contribution is -0.168. The van der Waals surface area contributed by atoms with Gasteiger partial charge >= 0.3 is 6.18 Å². The van der Waals surface area contributed by atoms with E-state index in [9.17, 15) is 13.2 Å². The van der Waals surface area contributed by atoms with Crippen molar-refractivity contribution in [3.05, 3.63) is 53.6 Å². The van der Waals surface area contributed by atoms with Crippen molar-refractivity contribution in [2.24, 2.45) is 5.41 Å². The number of benzene rings is 1. The highest BCUT2D eigenvalue weighted by Crippen LogP contribution is 2.57. The standard InChI is InChI=1S/C21H14ClF3N6/c1-30(14-10-13(11-26-12-14)6-7-20(8-9-20)21(23,24)25)17-15-4-2-3-5-16(15)31-18(22)28-29-19(31)27-17/h2-5,10-12H,8-9H2,1H3. The fraction of sp³-hybridized carbons (Fsp3) is 0.238. The fourth-order valence-corrected chi connectivity index (χ4v) is 3.61. The number of fused-ring (bicyclic) bond motifs is 3. The van der Waals surface area contributed by atoms with Gasteiger partial charge in [-0.1, -0.05) is 24.0 Å². The van der Waals surface area contributed by atoms with Crippen LogP contribution in [0, 0.1) is 17.3 Å². The maximum Gasteiger partial charge on any atom is 0.405 e. The Hall–Kier alpha value is -3.38. The van der Waals surface area contributed by atoms with Crippen LogP contribution in [0.4, 0.5) is 24.7 Å². The van der Waals surface area contributed by atoms with Gasteiger partial charge < -0.3 is 4.90 Å². The van der Waals surface area contributed by atoms with Crippen LogP contribution in [0.15, 0.2) is 42.7 Å². The molecule has 3 aromatic heterocycles. The molecule has 1 aliphatic carbocycles. The molecule has 10 heteroatoms. The van der Waals surface area contributed by atoms with Crippen molar-refractivity contribution in [1.82, 2.24) is 24.6 Å². The van der Waals surface area contributed by atoms with Gasteiger partial charge in [0.15, 0.2) is 0 Å². The number of para-hydroxylation sites is 1. The first-order valence-corrected chi connectivity index (χ1v) is 9.75. The quantitative estimate of drug-likeness (QED) is 0.418. The fourth-order valence-electron chi connectivity index (χ4n) is 3.40. The highest BCUT2D eigenvalue weighted by molar-refractivity contribution is 6.29. The Bertz CT molecular complexity index is 1380. The zero-order valence-electron chi connectivity index (χ0n) is 16.2. The lowest BCUT2D eigenvalue weighted by atomic mass is 10.1. The van der Waals surface area contributed by atoms with E-state index in [2.05, 4.69) is 32.0 Å². The molecule has 5 rings (SSSR count). The van der Waals surface area contributed by atoms with E-state index in [0.717, 1.165) is 10.9 Å². The summed E-state index contributed by atoms with van der Waals surface area (Å²) in [6.07, 6.45) is -1.20. The van der Waals surface area contributed by atoms with Gasteiger partial charge in [-0.05, 0) is 42.6 Å². The molecule has 156 valence electrons. The van der Waals surface area contributed by atoms with Gasteiger partial charge in [-0.2, -0.15) is 18.2 Å². The molecule has 0 atom stereocenters. The number of anilines is 2. The van der Waals surface area contributed by atoms with Crippen LogP contribution >= 0.6 is 11.6 Å². The van der Waals surface area contributed by atoms with E-state index in [1.54, 1.807) is 28.6 Å². The molecule has 0 aliphatic heterocycles. The third-order valence-corrected chi connectivity index (χ3v) is 5.61. The van der Waals surface area contributed by atoms with Crippen molar-refractivity contribution < 1.29 is 13.2 Å². The molecule has 3 heterocycles. The van der Waals surface area contributed by atoms with Crippen LogP contribution < -0.4 is 4.90 Å². The Morgan fingerprint density at radius 2 is 1.94 bits per heavy atom. The second kappa shape index (κ2) is 6.82. The Morgan fingerprint density at radius 1 is 1.16 bits per heavy atom. The van der Waals surface area contributed by atoms with E-state index in [0.29, 0.717) is 22.8 Å². The summed E-state index contributed by atoms with van der Waals surface area (Å²) in [4.78, 5) is 10.5. The predicted molar refractivity (Wildman–Crippen MR) is 110 cm³/mol. The van der Waals surface area contributed by atoms with Crippen molar-refractivity contribution >= 4 is 39.8 Å². The van der Waals surface area contributed by atoms with Crippen molar-refractivity contribution in [3.8, 4) is 11.8 Å². The van der Waals surface area contributed by atoms with Gasteiger partial charge in [-0.25, -0.2) is 4.40 Å². The van der Waals surface area contributed by atoms with Gasteiger partial charge in [-0.15, -0.1) is 10.2 Å². The van der Waals surface area contributed by atoms with Gasteiger partial charge in [-0.3, -0.25) is 4.98 Å². The molecular formula is C21H14ClF3N6. The molecule has 0 N–H and O–H groups in total. The van der Waals surface area contributed by atoms with E-state index in [4.69, 9.17) is 11.6 Å². The highest BCUT2D eigenvalue weighted by Gasteiger charge is 2.62. The average molecular weight is 443 g/mol. The highest BCUT2D eigenvalue weighted by atomic mass is 35.5. The summed E-state index contributed by atoms with van der Waals surface area (Å²) in [6, 6.07) is 9.19. The van der Waals surface area contributed by atoms with Crippen LogP contribution in [0.3, 0.4) is 0 Å². The molecule has 1 aliphatic rings. The number of pyridine rings is 1. The zero-order chi connectivity index (χ0) is 21.8. The topological polar surface area (TPSA) is 59.2 Å². The van der Waals surface area contributed by atoms with Crippen molar-refractivity contribution in [2.45, 2.75) is 19.0 Å². The molecule has 0 spiro atoms. The summed E-state index contributed by atoms with van der Waals surface area (Å²) in [7, 11) is 1.79.